The van der Waals surface area contributed by atoms with E-state index in [0.29, 0.717) is 5.92 Å². The summed E-state index contributed by atoms with van der Waals surface area (Å²) in [5, 5.41) is 3.62. The Morgan fingerprint density at radius 3 is 2.67 bits per heavy atom. The first-order valence-corrected chi connectivity index (χ1v) is 6.97. The van der Waals surface area contributed by atoms with Crippen molar-refractivity contribution in [1.82, 2.24) is 5.32 Å². The molecule has 1 nitrogen and oxygen atoms in total. The molecule has 1 aliphatic rings. The Morgan fingerprint density at radius 1 is 1.39 bits per heavy atom. The van der Waals surface area contributed by atoms with Gasteiger partial charge in [0.05, 0.1) is 0 Å². The van der Waals surface area contributed by atoms with Gasteiger partial charge in [0.1, 0.15) is 5.82 Å². The lowest BCUT2D eigenvalue weighted by Gasteiger charge is -2.34. The van der Waals surface area contributed by atoms with Gasteiger partial charge in [0.2, 0.25) is 0 Å². The summed E-state index contributed by atoms with van der Waals surface area (Å²) >= 11 is 0. The largest absolute Gasteiger partial charge is 0.313 e. The quantitative estimate of drug-likeness (QED) is 0.809. The first-order chi connectivity index (χ1) is 8.49. The Balaban J connectivity index is 2.03. The smallest absolute Gasteiger partial charge is 0.123 e. The van der Waals surface area contributed by atoms with E-state index in [1.807, 2.05) is 6.07 Å². The fourth-order valence-electron chi connectivity index (χ4n) is 2.25. The van der Waals surface area contributed by atoms with Gasteiger partial charge in [0.15, 0.2) is 0 Å². The van der Waals surface area contributed by atoms with Gasteiger partial charge in [-0.05, 0) is 48.3 Å². The second kappa shape index (κ2) is 5.40. The summed E-state index contributed by atoms with van der Waals surface area (Å²) in [5.41, 5.74) is 1.29. The SMILES string of the molecule is CC(C)C(C)(CNC1CC1)Cc1cccc(F)c1. The lowest BCUT2D eigenvalue weighted by atomic mass is 9.74. The van der Waals surface area contributed by atoms with E-state index < -0.39 is 0 Å². The van der Waals surface area contributed by atoms with Crippen molar-refractivity contribution in [2.45, 2.75) is 46.1 Å². The van der Waals surface area contributed by atoms with E-state index >= 15 is 0 Å². The molecule has 0 aliphatic heterocycles. The topological polar surface area (TPSA) is 12.0 Å². The zero-order chi connectivity index (χ0) is 13.2. The van der Waals surface area contributed by atoms with Crippen LogP contribution in [0.15, 0.2) is 24.3 Å². The summed E-state index contributed by atoms with van der Waals surface area (Å²) in [4.78, 5) is 0. The van der Waals surface area contributed by atoms with Crippen molar-refractivity contribution in [3.05, 3.63) is 35.6 Å². The van der Waals surface area contributed by atoms with E-state index in [9.17, 15) is 4.39 Å². The van der Waals surface area contributed by atoms with Gasteiger partial charge < -0.3 is 5.32 Å². The molecule has 2 rings (SSSR count). The molecule has 1 atom stereocenters. The molecular formula is C16H24FN. The molecule has 100 valence electrons. The van der Waals surface area contributed by atoms with E-state index in [0.717, 1.165) is 24.6 Å². The number of rotatable bonds is 6. The van der Waals surface area contributed by atoms with Gasteiger partial charge in [0.25, 0.3) is 0 Å². The monoisotopic (exact) mass is 249 g/mol. The first kappa shape index (κ1) is 13.5. The summed E-state index contributed by atoms with van der Waals surface area (Å²) < 4.78 is 13.3. The Labute approximate surface area is 110 Å². The normalized spacial score (nSPS) is 18.9. The lowest BCUT2D eigenvalue weighted by Crippen LogP contribution is -2.38. The van der Waals surface area contributed by atoms with Crippen LogP contribution in [0, 0.1) is 17.2 Å². The van der Waals surface area contributed by atoms with Crippen LogP contribution >= 0.6 is 0 Å². The lowest BCUT2D eigenvalue weighted by molar-refractivity contribution is 0.206. The van der Waals surface area contributed by atoms with Crippen molar-refractivity contribution in [3.63, 3.8) is 0 Å². The molecule has 1 fully saturated rings. The average Bonchev–Trinajstić information content (AvgIpc) is 3.10. The van der Waals surface area contributed by atoms with Gasteiger partial charge in [-0.15, -0.1) is 0 Å². The van der Waals surface area contributed by atoms with E-state index in [4.69, 9.17) is 0 Å². The molecule has 18 heavy (non-hydrogen) atoms. The van der Waals surface area contributed by atoms with Gasteiger partial charge in [0, 0.05) is 12.6 Å². The molecule has 1 aromatic rings. The minimum atomic E-state index is -0.131. The summed E-state index contributed by atoms with van der Waals surface area (Å²) in [5.74, 6) is 0.445. The fraction of sp³-hybridized carbons (Fsp3) is 0.625. The molecule has 0 heterocycles. The van der Waals surface area contributed by atoms with E-state index in [1.165, 1.54) is 18.9 Å². The highest BCUT2D eigenvalue weighted by Gasteiger charge is 2.31. The van der Waals surface area contributed by atoms with Crippen molar-refractivity contribution in [3.8, 4) is 0 Å². The molecule has 0 saturated heterocycles. The van der Waals surface area contributed by atoms with Gasteiger partial charge in [-0.2, -0.15) is 0 Å². The van der Waals surface area contributed by atoms with Crippen LogP contribution in [-0.4, -0.2) is 12.6 Å². The molecule has 0 aromatic heterocycles. The van der Waals surface area contributed by atoms with Gasteiger partial charge in [-0.1, -0.05) is 32.9 Å². The molecule has 1 N–H and O–H groups in total. The third-order valence-electron chi connectivity index (χ3n) is 4.26. The second-order valence-electron chi connectivity index (χ2n) is 6.27. The number of nitrogens with one attached hydrogen (secondary N) is 1. The van der Waals surface area contributed by atoms with E-state index in [2.05, 4.69) is 26.1 Å². The third kappa shape index (κ3) is 3.55. The van der Waals surface area contributed by atoms with Gasteiger partial charge >= 0.3 is 0 Å². The molecule has 0 amide bonds. The highest BCUT2D eigenvalue weighted by Crippen LogP contribution is 2.32. The third-order valence-corrected chi connectivity index (χ3v) is 4.26. The molecule has 1 aliphatic carbocycles. The molecule has 0 radical (unpaired) electrons. The van der Waals surface area contributed by atoms with Crippen LogP contribution in [0.25, 0.3) is 0 Å². The Morgan fingerprint density at radius 2 is 2.11 bits per heavy atom. The Kier molecular flexibility index (Phi) is 4.06. The number of hydrogen-bond donors (Lipinski definition) is 1. The zero-order valence-corrected chi connectivity index (χ0v) is 11.7. The number of halogens is 1. The summed E-state index contributed by atoms with van der Waals surface area (Å²) in [7, 11) is 0. The van der Waals surface area contributed by atoms with Crippen LogP contribution in [-0.2, 0) is 6.42 Å². The Bertz CT molecular complexity index is 398. The molecule has 0 bridgehead atoms. The maximum Gasteiger partial charge on any atom is 0.123 e. The molecule has 1 aromatic carbocycles. The van der Waals surface area contributed by atoms with Crippen LogP contribution < -0.4 is 5.32 Å². The minimum absolute atomic E-state index is 0.131. The van der Waals surface area contributed by atoms with Crippen molar-refractivity contribution in [1.29, 1.82) is 0 Å². The first-order valence-electron chi connectivity index (χ1n) is 6.97. The van der Waals surface area contributed by atoms with Crippen LogP contribution in [0.3, 0.4) is 0 Å². The minimum Gasteiger partial charge on any atom is -0.313 e. The zero-order valence-electron chi connectivity index (χ0n) is 11.7. The molecule has 1 unspecified atom stereocenters. The fourth-order valence-corrected chi connectivity index (χ4v) is 2.25. The predicted octanol–water partition coefficient (Wildman–Crippen LogP) is 3.78. The van der Waals surface area contributed by atoms with Crippen molar-refractivity contribution in [2.24, 2.45) is 11.3 Å². The standard InChI is InChI=1S/C16H24FN/c1-12(2)16(3,11-18-15-7-8-15)10-13-5-4-6-14(17)9-13/h4-6,9,12,15,18H,7-8,10-11H2,1-3H3. The highest BCUT2D eigenvalue weighted by atomic mass is 19.1. The van der Waals surface area contributed by atoms with Gasteiger partial charge in [-0.25, -0.2) is 4.39 Å². The van der Waals surface area contributed by atoms with Crippen LogP contribution in [0.1, 0.15) is 39.2 Å². The van der Waals surface area contributed by atoms with Crippen LogP contribution in [0.4, 0.5) is 4.39 Å². The van der Waals surface area contributed by atoms with E-state index in [-0.39, 0.29) is 11.2 Å². The average molecular weight is 249 g/mol. The Hall–Kier alpha value is -0.890. The summed E-state index contributed by atoms with van der Waals surface area (Å²) in [6.45, 7) is 7.84. The maximum absolute atomic E-state index is 13.3. The van der Waals surface area contributed by atoms with Gasteiger partial charge in [-0.3, -0.25) is 0 Å². The van der Waals surface area contributed by atoms with Crippen molar-refractivity contribution < 1.29 is 4.39 Å². The highest BCUT2D eigenvalue weighted by molar-refractivity contribution is 5.18. The maximum atomic E-state index is 13.3. The summed E-state index contributed by atoms with van der Waals surface area (Å²) in [6, 6.07) is 7.74. The molecule has 0 spiro atoms. The molecule has 2 heteroatoms. The predicted molar refractivity (Wildman–Crippen MR) is 74.1 cm³/mol. The molecule has 1 saturated carbocycles. The van der Waals surface area contributed by atoms with Crippen LogP contribution in [0.2, 0.25) is 0 Å². The van der Waals surface area contributed by atoms with Crippen molar-refractivity contribution >= 4 is 0 Å². The van der Waals surface area contributed by atoms with Crippen LogP contribution in [0.5, 0.6) is 0 Å². The summed E-state index contributed by atoms with van der Waals surface area (Å²) in [6.07, 6.45) is 3.56. The molecular weight excluding hydrogens is 225 g/mol. The van der Waals surface area contributed by atoms with Crippen molar-refractivity contribution in [2.75, 3.05) is 6.54 Å². The second-order valence-corrected chi connectivity index (χ2v) is 6.27. The van der Waals surface area contributed by atoms with E-state index in [1.54, 1.807) is 12.1 Å². The number of hydrogen-bond acceptors (Lipinski definition) is 1. The number of benzene rings is 1.